The Morgan fingerprint density at radius 2 is 2.22 bits per heavy atom. The van der Waals surface area contributed by atoms with Gasteiger partial charge in [0.15, 0.2) is 5.69 Å². The molecule has 0 spiro atoms. The van der Waals surface area contributed by atoms with E-state index in [0.29, 0.717) is 5.69 Å². The van der Waals surface area contributed by atoms with Crippen LogP contribution in [0.15, 0.2) is 35.1 Å². The van der Waals surface area contributed by atoms with Crippen LogP contribution in [-0.2, 0) is 0 Å². The van der Waals surface area contributed by atoms with Crippen molar-refractivity contribution in [1.82, 2.24) is 10.1 Å². The Bertz CT molecular complexity index is 579. The summed E-state index contributed by atoms with van der Waals surface area (Å²) in [5.41, 5.74) is 0.501. The zero-order valence-corrected chi connectivity index (χ0v) is 9.40. The Labute approximate surface area is 102 Å². The molecule has 2 rings (SSSR count). The smallest absolute Gasteiger partial charge is 0.374 e. The molecule has 0 aliphatic rings. The number of pyridine rings is 1. The van der Waals surface area contributed by atoms with Gasteiger partial charge in [0.1, 0.15) is 0 Å². The fraction of sp³-hybridized carbons (Fsp3) is 0.0909. The van der Waals surface area contributed by atoms with Crippen molar-refractivity contribution in [3.63, 3.8) is 0 Å². The van der Waals surface area contributed by atoms with Crippen LogP contribution < -0.4 is 4.90 Å². The van der Waals surface area contributed by atoms with Crippen LogP contribution in [0, 0.1) is 0 Å². The molecule has 0 aliphatic heterocycles. The highest BCUT2D eigenvalue weighted by molar-refractivity contribution is 6.05. The number of aromatic carboxylic acids is 1. The lowest BCUT2D eigenvalue weighted by Gasteiger charge is -2.14. The molecule has 0 aliphatic carbocycles. The van der Waals surface area contributed by atoms with Crippen LogP contribution in [0.25, 0.3) is 0 Å². The van der Waals surface area contributed by atoms with E-state index in [2.05, 4.69) is 14.7 Å². The van der Waals surface area contributed by atoms with Gasteiger partial charge < -0.3 is 14.5 Å². The molecule has 92 valence electrons. The highest BCUT2D eigenvalue weighted by Crippen LogP contribution is 2.13. The SMILES string of the molecule is CN(C(=O)c1cc(C(=O)O)on1)c1cccnc1. The van der Waals surface area contributed by atoms with Crippen LogP contribution in [0.4, 0.5) is 5.69 Å². The molecule has 0 atom stereocenters. The Morgan fingerprint density at radius 3 is 2.78 bits per heavy atom. The quantitative estimate of drug-likeness (QED) is 0.870. The predicted molar refractivity (Wildman–Crippen MR) is 60.4 cm³/mol. The molecule has 0 fully saturated rings. The van der Waals surface area contributed by atoms with E-state index in [9.17, 15) is 9.59 Å². The molecule has 7 nitrogen and oxygen atoms in total. The summed E-state index contributed by atoms with van der Waals surface area (Å²) in [7, 11) is 1.54. The lowest BCUT2D eigenvalue weighted by molar-refractivity contribution is 0.0651. The molecule has 0 saturated heterocycles. The highest BCUT2D eigenvalue weighted by atomic mass is 16.5. The Kier molecular flexibility index (Phi) is 3.05. The molecule has 2 aromatic heterocycles. The number of anilines is 1. The number of nitrogens with zero attached hydrogens (tertiary/aromatic N) is 3. The molecule has 7 heteroatoms. The van der Waals surface area contributed by atoms with Crippen LogP contribution in [-0.4, -0.2) is 34.2 Å². The van der Waals surface area contributed by atoms with Crippen LogP contribution in [0.5, 0.6) is 0 Å². The molecular weight excluding hydrogens is 238 g/mol. The Morgan fingerprint density at radius 1 is 1.44 bits per heavy atom. The van der Waals surface area contributed by atoms with Gasteiger partial charge in [-0.2, -0.15) is 0 Å². The summed E-state index contributed by atoms with van der Waals surface area (Å²) < 4.78 is 4.52. The average molecular weight is 247 g/mol. The van der Waals surface area contributed by atoms with E-state index < -0.39 is 11.9 Å². The molecule has 2 heterocycles. The number of amides is 1. The molecule has 1 amide bonds. The normalized spacial score (nSPS) is 10.1. The molecule has 2 aromatic rings. The number of rotatable bonds is 3. The molecule has 0 saturated carbocycles. The number of carbonyl (C=O) groups excluding carboxylic acids is 1. The fourth-order valence-corrected chi connectivity index (χ4v) is 1.32. The second kappa shape index (κ2) is 4.66. The van der Waals surface area contributed by atoms with Crippen molar-refractivity contribution in [2.75, 3.05) is 11.9 Å². The standard InChI is InChI=1S/C11H9N3O4/c1-14(7-3-2-4-12-6-7)10(15)8-5-9(11(16)17)18-13-8/h2-6H,1H3,(H,16,17). The fourth-order valence-electron chi connectivity index (χ4n) is 1.32. The molecular formula is C11H9N3O4. The summed E-state index contributed by atoms with van der Waals surface area (Å²) in [4.78, 5) is 27.8. The minimum atomic E-state index is -1.27. The van der Waals surface area contributed by atoms with Gasteiger partial charge in [-0.1, -0.05) is 5.16 Å². The highest BCUT2D eigenvalue weighted by Gasteiger charge is 2.20. The van der Waals surface area contributed by atoms with E-state index in [-0.39, 0.29) is 11.5 Å². The molecule has 0 bridgehead atoms. The van der Waals surface area contributed by atoms with Gasteiger partial charge in [-0.05, 0) is 12.1 Å². The predicted octanol–water partition coefficient (Wildman–Crippen LogP) is 1.04. The van der Waals surface area contributed by atoms with E-state index in [0.717, 1.165) is 6.07 Å². The first-order chi connectivity index (χ1) is 8.59. The van der Waals surface area contributed by atoms with E-state index in [1.165, 1.54) is 18.1 Å². The van der Waals surface area contributed by atoms with Gasteiger partial charge in [0.25, 0.3) is 5.91 Å². The van der Waals surface area contributed by atoms with Crippen molar-refractivity contribution < 1.29 is 19.2 Å². The summed E-state index contributed by atoms with van der Waals surface area (Å²) in [5, 5.41) is 12.1. The molecule has 0 radical (unpaired) electrons. The van der Waals surface area contributed by atoms with Gasteiger partial charge in [0, 0.05) is 19.3 Å². The first kappa shape index (κ1) is 11.8. The van der Waals surface area contributed by atoms with E-state index >= 15 is 0 Å². The maximum atomic E-state index is 12.0. The number of carbonyl (C=O) groups is 2. The third kappa shape index (κ3) is 2.19. The van der Waals surface area contributed by atoms with E-state index in [1.54, 1.807) is 18.3 Å². The van der Waals surface area contributed by atoms with Crippen LogP contribution in [0.1, 0.15) is 21.0 Å². The maximum absolute atomic E-state index is 12.0. The Balaban J connectivity index is 2.23. The van der Waals surface area contributed by atoms with Gasteiger partial charge in [0.2, 0.25) is 5.76 Å². The van der Waals surface area contributed by atoms with Crippen molar-refractivity contribution in [3.8, 4) is 0 Å². The number of aromatic nitrogens is 2. The summed E-state index contributed by atoms with van der Waals surface area (Å²) in [6, 6.07) is 4.46. The average Bonchev–Trinajstić information content (AvgIpc) is 2.88. The topological polar surface area (TPSA) is 96.5 Å². The van der Waals surface area contributed by atoms with Crippen LogP contribution >= 0.6 is 0 Å². The monoisotopic (exact) mass is 247 g/mol. The number of carboxylic acids is 1. The maximum Gasteiger partial charge on any atom is 0.374 e. The van der Waals surface area contributed by atoms with Gasteiger partial charge in [-0.3, -0.25) is 9.78 Å². The summed E-state index contributed by atoms with van der Waals surface area (Å²) in [5.74, 6) is -2.12. The largest absolute Gasteiger partial charge is 0.475 e. The van der Waals surface area contributed by atoms with Crippen molar-refractivity contribution in [3.05, 3.63) is 42.0 Å². The lowest BCUT2D eigenvalue weighted by atomic mass is 10.3. The lowest BCUT2D eigenvalue weighted by Crippen LogP contribution is -2.26. The van der Waals surface area contributed by atoms with Crippen molar-refractivity contribution in [1.29, 1.82) is 0 Å². The van der Waals surface area contributed by atoms with Crippen molar-refractivity contribution in [2.45, 2.75) is 0 Å². The number of carboxylic acid groups (broad SMARTS) is 1. The second-order valence-corrected chi connectivity index (χ2v) is 3.46. The zero-order chi connectivity index (χ0) is 13.1. The minimum Gasteiger partial charge on any atom is -0.475 e. The first-order valence-corrected chi connectivity index (χ1v) is 4.97. The van der Waals surface area contributed by atoms with Crippen molar-refractivity contribution >= 4 is 17.6 Å². The molecule has 1 N–H and O–H groups in total. The summed E-state index contributed by atoms with van der Waals surface area (Å²) in [6.07, 6.45) is 3.09. The minimum absolute atomic E-state index is 0.0706. The second-order valence-electron chi connectivity index (χ2n) is 3.46. The first-order valence-electron chi connectivity index (χ1n) is 4.97. The summed E-state index contributed by atoms with van der Waals surface area (Å²) >= 11 is 0. The molecule has 0 aromatic carbocycles. The molecule has 18 heavy (non-hydrogen) atoms. The third-order valence-corrected chi connectivity index (χ3v) is 2.28. The summed E-state index contributed by atoms with van der Waals surface area (Å²) in [6.45, 7) is 0. The van der Waals surface area contributed by atoms with Crippen molar-refractivity contribution in [2.24, 2.45) is 0 Å². The van der Waals surface area contributed by atoms with E-state index in [4.69, 9.17) is 5.11 Å². The third-order valence-electron chi connectivity index (χ3n) is 2.28. The van der Waals surface area contributed by atoms with Gasteiger partial charge in [0.05, 0.1) is 11.9 Å². The number of hydrogen-bond donors (Lipinski definition) is 1. The van der Waals surface area contributed by atoms with E-state index in [1.807, 2.05) is 0 Å². The van der Waals surface area contributed by atoms with Crippen LogP contribution in [0.3, 0.4) is 0 Å². The number of hydrogen-bond acceptors (Lipinski definition) is 5. The molecule has 0 unspecified atom stereocenters. The van der Waals surface area contributed by atoms with Gasteiger partial charge >= 0.3 is 5.97 Å². The van der Waals surface area contributed by atoms with Gasteiger partial charge in [-0.15, -0.1) is 0 Å². The van der Waals surface area contributed by atoms with Crippen LogP contribution in [0.2, 0.25) is 0 Å². The van der Waals surface area contributed by atoms with Gasteiger partial charge in [-0.25, -0.2) is 4.79 Å². The Hall–Kier alpha value is -2.70. The zero-order valence-electron chi connectivity index (χ0n) is 9.40.